The summed E-state index contributed by atoms with van der Waals surface area (Å²) in [5.74, 6) is 0.183. The number of carbonyl (C=O) groups excluding carboxylic acids is 1. The lowest BCUT2D eigenvalue weighted by Gasteiger charge is -2.30. The van der Waals surface area contributed by atoms with Crippen LogP contribution in [0.1, 0.15) is 10.6 Å². The first kappa shape index (κ1) is 19.9. The molecular weight excluding hydrogens is 410 g/mol. The molecular formula is C21H18ClN3O5. The molecule has 2 heterocycles. The Morgan fingerprint density at radius 2 is 1.90 bits per heavy atom. The van der Waals surface area contributed by atoms with Gasteiger partial charge in [0.1, 0.15) is 5.76 Å². The number of furan rings is 1. The predicted octanol–water partition coefficient (Wildman–Crippen LogP) is 4.60. The molecule has 1 aliphatic heterocycles. The zero-order chi connectivity index (χ0) is 21.1. The summed E-state index contributed by atoms with van der Waals surface area (Å²) in [6.07, 6.45) is 0. The third-order valence-electron chi connectivity index (χ3n) is 4.73. The number of hydrogen-bond acceptors (Lipinski definition) is 6. The fourth-order valence-corrected chi connectivity index (χ4v) is 3.44. The molecule has 3 aromatic rings. The number of halogens is 1. The van der Waals surface area contributed by atoms with E-state index in [9.17, 15) is 14.9 Å². The van der Waals surface area contributed by atoms with Gasteiger partial charge in [0.15, 0.2) is 5.76 Å². The van der Waals surface area contributed by atoms with Gasteiger partial charge in [0.25, 0.3) is 11.6 Å². The average molecular weight is 428 g/mol. The Morgan fingerprint density at radius 1 is 1.10 bits per heavy atom. The lowest BCUT2D eigenvalue weighted by atomic mass is 10.2. The highest BCUT2D eigenvalue weighted by Crippen LogP contribution is 2.32. The SMILES string of the molecule is O=C(Nc1ccc([N+](=O)[O-])cc1N1CCOCC1)c1ccc(-c2cccc(Cl)c2)o1. The maximum atomic E-state index is 12.8. The summed E-state index contributed by atoms with van der Waals surface area (Å²) in [6.45, 7) is 2.17. The van der Waals surface area contributed by atoms with Crippen molar-refractivity contribution < 1.29 is 18.9 Å². The van der Waals surface area contributed by atoms with Crippen LogP contribution in [0.15, 0.2) is 59.0 Å². The van der Waals surface area contributed by atoms with Crippen molar-refractivity contribution in [1.82, 2.24) is 0 Å². The van der Waals surface area contributed by atoms with Crippen LogP contribution in [0, 0.1) is 10.1 Å². The van der Waals surface area contributed by atoms with Gasteiger partial charge in [-0.2, -0.15) is 0 Å². The maximum Gasteiger partial charge on any atom is 0.291 e. The number of rotatable bonds is 5. The number of nitro groups is 1. The van der Waals surface area contributed by atoms with E-state index in [1.807, 2.05) is 11.0 Å². The number of non-ortho nitro benzene ring substituents is 1. The van der Waals surface area contributed by atoms with E-state index in [-0.39, 0.29) is 11.4 Å². The molecule has 1 aromatic heterocycles. The fourth-order valence-electron chi connectivity index (χ4n) is 3.25. The van der Waals surface area contributed by atoms with Crippen LogP contribution in [-0.2, 0) is 4.74 Å². The Kier molecular flexibility index (Phi) is 5.69. The first-order chi connectivity index (χ1) is 14.5. The number of carbonyl (C=O) groups is 1. The summed E-state index contributed by atoms with van der Waals surface area (Å²) in [5.41, 5.74) is 1.75. The van der Waals surface area contributed by atoms with Crippen molar-refractivity contribution in [3.63, 3.8) is 0 Å². The monoisotopic (exact) mass is 427 g/mol. The molecule has 0 radical (unpaired) electrons. The number of nitro benzene ring substituents is 1. The molecule has 1 N–H and O–H groups in total. The van der Waals surface area contributed by atoms with E-state index in [2.05, 4.69) is 5.32 Å². The summed E-state index contributed by atoms with van der Waals surface area (Å²) in [4.78, 5) is 25.5. The van der Waals surface area contributed by atoms with Gasteiger partial charge >= 0.3 is 0 Å². The molecule has 4 rings (SSSR count). The van der Waals surface area contributed by atoms with Crippen LogP contribution in [0.2, 0.25) is 5.02 Å². The quantitative estimate of drug-likeness (QED) is 0.472. The van der Waals surface area contributed by atoms with E-state index in [1.165, 1.54) is 18.2 Å². The van der Waals surface area contributed by atoms with E-state index in [0.717, 1.165) is 5.56 Å². The Hall–Kier alpha value is -3.36. The maximum absolute atomic E-state index is 12.8. The molecule has 8 nitrogen and oxygen atoms in total. The van der Waals surface area contributed by atoms with Crippen LogP contribution >= 0.6 is 11.6 Å². The highest BCUT2D eigenvalue weighted by molar-refractivity contribution is 6.30. The summed E-state index contributed by atoms with van der Waals surface area (Å²) >= 11 is 6.02. The van der Waals surface area contributed by atoms with Gasteiger partial charge in [-0.3, -0.25) is 14.9 Å². The summed E-state index contributed by atoms with van der Waals surface area (Å²) < 4.78 is 11.0. The van der Waals surface area contributed by atoms with Crippen LogP contribution < -0.4 is 10.2 Å². The van der Waals surface area contributed by atoms with Crippen molar-refractivity contribution in [1.29, 1.82) is 0 Å². The van der Waals surface area contributed by atoms with Crippen LogP contribution in [0.5, 0.6) is 0 Å². The largest absolute Gasteiger partial charge is 0.451 e. The first-order valence-electron chi connectivity index (χ1n) is 9.29. The zero-order valence-electron chi connectivity index (χ0n) is 15.8. The Labute approximate surface area is 177 Å². The van der Waals surface area contributed by atoms with Crippen molar-refractivity contribution in [2.45, 2.75) is 0 Å². The second kappa shape index (κ2) is 8.56. The van der Waals surface area contributed by atoms with Crippen LogP contribution in [0.3, 0.4) is 0 Å². The third-order valence-corrected chi connectivity index (χ3v) is 4.97. The van der Waals surface area contributed by atoms with Crippen molar-refractivity contribution in [2.24, 2.45) is 0 Å². The van der Waals surface area contributed by atoms with E-state index in [1.54, 1.807) is 30.3 Å². The van der Waals surface area contributed by atoms with Crippen LogP contribution in [-0.4, -0.2) is 37.1 Å². The van der Waals surface area contributed by atoms with Gasteiger partial charge in [0.05, 0.1) is 29.5 Å². The number of nitrogens with one attached hydrogen (secondary N) is 1. The molecule has 154 valence electrons. The second-order valence-electron chi connectivity index (χ2n) is 6.69. The fraction of sp³-hybridized carbons (Fsp3) is 0.190. The molecule has 30 heavy (non-hydrogen) atoms. The highest BCUT2D eigenvalue weighted by atomic mass is 35.5. The van der Waals surface area contributed by atoms with Gasteiger partial charge in [-0.15, -0.1) is 0 Å². The van der Waals surface area contributed by atoms with E-state index < -0.39 is 10.8 Å². The van der Waals surface area contributed by atoms with Gasteiger partial charge in [-0.1, -0.05) is 23.7 Å². The van der Waals surface area contributed by atoms with Crippen LogP contribution in [0.4, 0.5) is 17.1 Å². The minimum absolute atomic E-state index is 0.0456. The molecule has 1 saturated heterocycles. The first-order valence-corrected chi connectivity index (χ1v) is 9.67. The summed E-state index contributed by atoms with van der Waals surface area (Å²) in [5, 5.41) is 14.6. The molecule has 9 heteroatoms. The molecule has 0 aliphatic carbocycles. The highest BCUT2D eigenvalue weighted by Gasteiger charge is 2.21. The van der Waals surface area contributed by atoms with Gasteiger partial charge < -0.3 is 19.4 Å². The van der Waals surface area contributed by atoms with Gasteiger partial charge in [0.2, 0.25) is 0 Å². The van der Waals surface area contributed by atoms with Crippen molar-refractivity contribution in [2.75, 3.05) is 36.5 Å². The standard InChI is InChI=1S/C21H18ClN3O5/c22-15-3-1-2-14(12-15)19-6-7-20(30-19)21(26)23-17-5-4-16(25(27)28)13-18(17)24-8-10-29-11-9-24/h1-7,12-13H,8-11H2,(H,23,26). The molecule has 1 aliphatic rings. The minimum atomic E-state index is -0.459. The van der Waals surface area contributed by atoms with E-state index >= 15 is 0 Å². The van der Waals surface area contributed by atoms with Crippen molar-refractivity contribution in [3.8, 4) is 11.3 Å². The number of anilines is 2. The van der Waals surface area contributed by atoms with E-state index in [0.29, 0.717) is 48.5 Å². The Balaban J connectivity index is 1.59. The van der Waals surface area contributed by atoms with Gasteiger partial charge in [-0.25, -0.2) is 0 Å². The van der Waals surface area contributed by atoms with Gasteiger partial charge in [-0.05, 0) is 30.3 Å². The topological polar surface area (TPSA) is 97.8 Å². The molecule has 0 bridgehead atoms. The molecule has 1 amide bonds. The Bertz CT molecular complexity index is 1090. The molecule has 0 unspecified atom stereocenters. The summed E-state index contributed by atoms with van der Waals surface area (Å²) in [6, 6.07) is 14.7. The number of benzene rings is 2. The normalized spacial score (nSPS) is 13.8. The number of amides is 1. The lowest BCUT2D eigenvalue weighted by molar-refractivity contribution is -0.384. The van der Waals surface area contributed by atoms with Crippen molar-refractivity contribution >= 4 is 34.6 Å². The van der Waals surface area contributed by atoms with E-state index in [4.69, 9.17) is 20.8 Å². The molecule has 0 atom stereocenters. The number of nitrogens with zero attached hydrogens (tertiary/aromatic N) is 2. The van der Waals surface area contributed by atoms with Gasteiger partial charge in [0, 0.05) is 35.8 Å². The molecule has 0 saturated carbocycles. The smallest absolute Gasteiger partial charge is 0.291 e. The third kappa shape index (κ3) is 4.29. The van der Waals surface area contributed by atoms with Crippen LogP contribution in [0.25, 0.3) is 11.3 Å². The van der Waals surface area contributed by atoms with Crippen molar-refractivity contribution in [3.05, 3.63) is 75.5 Å². The number of hydrogen-bond donors (Lipinski definition) is 1. The zero-order valence-corrected chi connectivity index (χ0v) is 16.6. The summed E-state index contributed by atoms with van der Waals surface area (Å²) in [7, 11) is 0. The Morgan fingerprint density at radius 3 is 2.63 bits per heavy atom. The second-order valence-corrected chi connectivity index (χ2v) is 7.12. The molecule has 0 spiro atoms. The number of ether oxygens (including phenoxy) is 1. The number of morpholine rings is 1. The lowest BCUT2D eigenvalue weighted by Crippen LogP contribution is -2.36. The molecule has 2 aromatic carbocycles. The predicted molar refractivity (Wildman–Crippen MR) is 113 cm³/mol. The average Bonchev–Trinajstić information content (AvgIpc) is 3.25. The minimum Gasteiger partial charge on any atom is -0.451 e. The molecule has 1 fully saturated rings.